The molecule has 116 valence electrons. The van der Waals surface area contributed by atoms with Gasteiger partial charge in [0.05, 0.1) is 11.4 Å². The summed E-state index contributed by atoms with van der Waals surface area (Å²) in [5.41, 5.74) is 10.2. The lowest BCUT2D eigenvalue weighted by Gasteiger charge is -2.19. The van der Waals surface area contributed by atoms with Gasteiger partial charge in [0.2, 0.25) is 0 Å². The molecular weight excluding hydrogens is 272 g/mol. The topological polar surface area (TPSA) is 46.3 Å². The van der Waals surface area contributed by atoms with Crippen molar-refractivity contribution in [3.05, 3.63) is 59.2 Å². The van der Waals surface area contributed by atoms with E-state index in [1.54, 1.807) is 6.07 Å². The molecule has 0 amide bonds. The Morgan fingerprint density at radius 1 is 0.955 bits per heavy atom. The third-order valence-corrected chi connectivity index (χ3v) is 3.78. The van der Waals surface area contributed by atoms with Crippen LogP contribution in [0.25, 0.3) is 0 Å². The van der Waals surface area contributed by atoms with E-state index in [2.05, 4.69) is 20.8 Å². The van der Waals surface area contributed by atoms with Gasteiger partial charge in [-0.2, -0.15) is 0 Å². The van der Waals surface area contributed by atoms with E-state index in [0.717, 1.165) is 5.69 Å². The van der Waals surface area contributed by atoms with Gasteiger partial charge in [-0.1, -0.05) is 45.0 Å². The molecule has 0 atom stereocenters. The molecular formula is C19H24N2O. The Labute approximate surface area is 132 Å². The molecule has 0 spiro atoms. The summed E-state index contributed by atoms with van der Waals surface area (Å²) in [6.07, 6.45) is 0. The van der Waals surface area contributed by atoms with Crippen molar-refractivity contribution in [1.29, 1.82) is 0 Å². The molecule has 2 rings (SSSR count). The van der Waals surface area contributed by atoms with Crippen LogP contribution in [-0.2, 0) is 5.41 Å². The molecule has 3 heteroatoms. The maximum Gasteiger partial charge on any atom is 0.193 e. The van der Waals surface area contributed by atoms with Crippen LogP contribution in [0.4, 0.5) is 11.4 Å². The third-order valence-electron chi connectivity index (χ3n) is 3.78. The Morgan fingerprint density at radius 3 is 1.95 bits per heavy atom. The lowest BCUT2D eigenvalue weighted by molar-refractivity contribution is 0.103. The Kier molecular flexibility index (Phi) is 4.27. The highest BCUT2D eigenvalue weighted by Gasteiger charge is 2.15. The van der Waals surface area contributed by atoms with Gasteiger partial charge >= 0.3 is 0 Å². The molecule has 0 saturated heterocycles. The number of rotatable bonds is 3. The van der Waals surface area contributed by atoms with Crippen LogP contribution in [0.5, 0.6) is 0 Å². The summed E-state index contributed by atoms with van der Waals surface area (Å²) in [6.45, 7) is 6.47. The molecule has 0 fully saturated rings. The minimum Gasteiger partial charge on any atom is -0.397 e. The highest BCUT2D eigenvalue weighted by atomic mass is 16.1. The molecule has 0 unspecified atom stereocenters. The van der Waals surface area contributed by atoms with Crippen LogP contribution in [0.1, 0.15) is 42.3 Å². The lowest BCUT2D eigenvalue weighted by Crippen LogP contribution is -2.13. The normalized spacial score (nSPS) is 11.3. The fourth-order valence-corrected chi connectivity index (χ4v) is 2.39. The van der Waals surface area contributed by atoms with E-state index in [9.17, 15) is 4.79 Å². The summed E-state index contributed by atoms with van der Waals surface area (Å²) in [5, 5.41) is 0. The molecule has 0 aliphatic heterocycles. The molecule has 2 aromatic rings. The zero-order valence-corrected chi connectivity index (χ0v) is 14.0. The number of benzene rings is 2. The predicted molar refractivity (Wildman–Crippen MR) is 93.8 cm³/mol. The molecule has 0 bridgehead atoms. The molecule has 0 aliphatic rings. The van der Waals surface area contributed by atoms with E-state index in [1.165, 1.54) is 5.56 Å². The zero-order chi connectivity index (χ0) is 16.5. The van der Waals surface area contributed by atoms with Gasteiger partial charge < -0.3 is 10.6 Å². The van der Waals surface area contributed by atoms with Crippen molar-refractivity contribution >= 4 is 17.2 Å². The monoisotopic (exact) mass is 296 g/mol. The van der Waals surface area contributed by atoms with Crippen molar-refractivity contribution in [2.75, 3.05) is 24.7 Å². The summed E-state index contributed by atoms with van der Waals surface area (Å²) in [5.74, 6) is -0.00235. The first kappa shape index (κ1) is 16.1. The van der Waals surface area contributed by atoms with Gasteiger partial charge in [-0.25, -0.2) is 0 Å². The van der Waals surface area contributed by atoms with Crippen LogP contribution >= 0.6 is 0 Å². The Morgan fingerprint density at radius 2 is 1.50 bits per heavy atom. The number of carbonyl (C=O) groups excluding carboxylic acids is 1. The summed E-state index contributed by atoms with van der Waals surface area (Å²) >= 11 is 0. The Bertz CT molecular complexity index is 680. The summed E-state index contributed by atoms with van der Waals surface area (Å²) in [6, 6.07) is 13.3. The molecule has 3 nitrogen and oxygen atoms in total. The maximum absolute atomic E-state index is 12.6. The summed E-state index contributed by atoms with van der Waals surface area (Å²) < 4.78 is 0. The number of ketones is 1. The number of carbonyl (C=O) groups is 1. The van der Waals surface area contributed by atoms with Crippen molar-refractivity contribution in [3.8, 4) is 0 Å². The standard InChI is InChI=1S/C19H24N2O/c1-19(2,3)15-9-6-13(7-10-15)18(22)14-8-11-17(21(4)5)16(20)12-14/h6-12H,20H2,1-5H3. The maximum atomic E-state index is 12.6. The van der Waals surface area contributed by atoms with E-state index in [0.29, 0.717) is 16.8 Å². The SMILES string of the molecule is CN(C)c1ccc(C(=O)c2ccc(C(C)(C)C)cc2)cc1N. The van der Waals surface area contributed by atoms with Gasteiger partial charge in [0.1, 0.15) is 0 Å². The first-order chi connectivity index (χ1) is 10.2. The van der Waals surface area contributed by atoms with Crippen LogP contribution in [0, 0.1) is 0 Å². The highest BCUT2D eigenvalue weighted by molar-refractivity contribution is 6.09. The quantitative estimate of drug-likeness (QED) is 0.691. The van der Waals surface area contributed by atoms with E-state index in [1.807, 2.05) is 55.4 Å². The van der Waals surface area contributed by atoms with Gasteiger partial charge in [0, 0.05) is 25.2 Å². The van der Waals surface area contributed by atoms with Crippen molar-refractivity contribution in [1.82, 2.24) is 0 Å². The fraction of sp³-hybridized carbons (Fsp3) is 0.316. The van der Waals surface area contributed by atoms with Crippen molar-refractivity contribution < 1.29 is 4.79 Å². The van der Waals surface area contributed by atoms with Gasteiger partial charge in [0.25, 0.3) is 0 Å². The number of anilines is 2. The highest BCUT2D eigenvalue weighted by Crippen LogP contribution is 2.25. The lowest BCUT2D eigenvalue weighted by atomic mass is 9.86. The smallest absolute Gasteiger partial charge is 0.193 e. The second-order valence-electron chi connectivity index (χ2n) is 6.82. The van der Waals surface area contributed by atoms with Crippen LogP contribution in [0.2, 0.25) is 0 Å². The summed E-state index contributed by atoms with van der Waals surface area (Å²) in [7, 11) is 3.86. The molecule has 0 aromatic heterocycles. The molecule has 0 heterocycles. The number of nitrogens with two attached hydrogens (primary N) is 1. The number of hydrogen-bond acceptors (Lipinski definition) is 3. The minimum absolute atomic E-state index is 0.00235. The molecule has 2 N–H and O–H groups in total. The third kappa shape index (κ3) is 3.30. The molecule has 0 radical (unpaired) electrons. The minimum atomic E-state index is -0.00235. The van der Waals surface area contributed by atoms with E-state index in [-0.39, 0.29) is 11.2 Å². The molecule has 22 heavy (non-hydrogen) atoms. The zero-order valence-electron chi connectivity index (χ0n) is 14.0. The van der Waals surface area contributed by atoms with Gasteiger partial charge in [-0.3, -0.25) is 4.79 Å². The van der Waals surface area contributed by atoms with Crippen LogP contribution in [0.3, 0.4) is 0 Å². The van der Waals surface area contributed by atoms with Crippen molar-refractivity contribution in [2.24, 2.45) is 0 Å². The Hall–Kier alpha value is -2.29. The first-order valence-corrected chi connectivity index (χ1v) is 7.42. The second-order valence-corrected chi connectivity index (χ2v) is 6.82. The fourth-order valence-electron chi connectivity index (χ4n) is 2.39. The van der Waals surface area contributed by atoms with E-state index < -0.39 is 0 Å². The average molecular weight is 296 g/mol. The van der Waals surface area contributed by atoms with Crippen LogP contribution < -0.4 is 10.6 Å². The van der Waals surface area contributed by atoms with Gasteiger partial charge in [-0.05, 0) is 29.2 Å². The van der Waals surface area contributed by atoms with E-state index in [4.69, 9.17) is 5.73 Å². The van der Waals surface area contributed by atoms with E-state index >= 15 is 0 Å². The van der Waals surface area contributed by atoms with Gasteiger partial charge in [-0.15, -0.1) is 0 Å². The predicted octanol–water partition coefficient (Wildman–Crippen LogP) is 3.86. The molecule has 0 aliphatic carbocycles. The summed E-state index contributed by atoms with van der Waals surface area (Å²) in [4.78, 5) is 14.5. The Balaban J connectivity index is 2.30. The number of hydrogen-bond donors (Lipinski definition) is 1. The second kappa shape index (κ2) is 5.84. The van der Waals surface area contributed by atoms with Crippen LogP contribution in [0.15, 0.2) is 42.5 Å². The largest absolute Gasteiger partial charge is 0.397 e. The number of nitrogen functional groups attached to an aromatic ring is 1. The van der Waals surface area contributed by atoms with Crippen LogP contribution in [-0.4, -0.2) is 19.9 Å². The average Bonchev–Trinajstić information content (AvgIpc) is 2.45. The molecule has 2 aromatic carbocycles. The first-order valence-electron chi connectivity index (χ1n) is 7.42. The van der Waals surface area contributed by atoms with Crippen molar-refractivity contribution in [2.45, 2.75) is 26.2 Å². The van der Waals surface area contributed by atoms with Gasteiger partial charge in [0.15, 0.2) is 5.78 Å². The number of nitrogens with zero attached hydrogens (tertiary/aromatic N) is 1. The van der Waals surface area contributed by atoms with Crippen molar-refractivity contribution in [3.63, 3.8) is 0 Å². The molecule has 0 saturated carbocycles.